The molecule has 2 bridgehead atoms. The maximum absolute atomic E-state index is 11.6. The molecule has 2 aliphatic heterocycles. The molecule has 0 spiro atoms. The Kier molecular flexibility index (Phi) is 3.82. The molecule has 0 saturated carbocycles. The minimum Gasteiger partial charge on any atom is -0.355 e. The van der Waals surface area contributed by atoms with Crippen LogP contribution in [0.15, 0.2) is 0 Å². The van der Waals surface area contributed by atoms with Crippen molar-refractivity contribution in [1.29, 1.82) is 0 Å². The summed E-state index contributed by atoms with van der Waals surface area (Å²) < 4.78 is 0. The predicted molar refractivity (Wildman–Crippen MR) is 64.2 cm³/mol. The van der Waals surface area contributed by atoms with Crippen molar-refractivity contribution in [3.05, 3.63) is 0 Å². The van der Waals surface area contributed by atoms with E-state index in [2.05, 4.69) is 15.5 Å². The molecule has 4 nitrogen and oxygen atoms in total. The van der Waals surface area contributed by atoms with Gasteiger partial charge in [0.25, 0.3) is 0 Å². The van der Waals surface area contributed by atoms with Crippen LogP contribution in [-0.4, -0.2) is 49.1 Å². The average Bonchev–Trinajstić information content (AvgIpc) is 2.66. The number of fused-ring (bicyclic) bond motifs is 2. The highest BCUT2D eigenvalue weighted by Gasteiger charge is 2.35. The van der Waals surface area contributed by atoms with Crippen LogP contribution in [0.3, 0.4) is 0 Å². The van der Waals surface area contributed by atoms with Crippen molar-refractivity contribution in [1.82, 2.24) is 15.5 Å². The first-order chi connectivity index (χ1) is 7.70. The summed E-state index contributed by atoms with van der Waals surface area (Å²) in [5, 5.41) is 6.36. The zero-order valence-electron chi connectivity index (χ0n) is 10.3. The van der Waals surface area contributed by atoms with Crippen LogP contribution in [0.25, 0.3) is 0 Å². The number of rotatable bonds is 4. The fraction of sp³-hybridized carbons (Fsp3) is 0.917. The van der Waals surface area contributed by atoms with Crippen LogP contribution in [0.1, 0.15) is 26.7 Å². The van der Waals surface area contributed by atoms with E-state index in [1.807, 2.05) is 13.8 Å². The summed E-state index contributed by atoms with van der Waals surface area (Å²) in [6.45, 7) is 8.30. The van der Waals surface area contributed by atoms with E-state index in [1.54, 1.807) is 0 Å². The van der Waals surface area contributed by atoms with Crippen molar-refractivity contribution in [2.75, 3.05) is 26.2 Å². The molecule has 1 amide bonds. The second kappa shape index (κ2) is 5.15. The summed E-state index contributed by atoms with van der Waals surface area (Å²) in [5.41, 5.74) is 0. The van der Waals surface area contributed by atoms with Gasteiger partial charge < -0.3 is 15.5 Å². The second-order valence-corrected chi connectivity index (χ2v) is 5.03. The summed E-state index contributed by atoms with van der Waals surface area (Å²) in [7, 11) is 0. The van der Waals surface area contributed by atoms with Crippen LogP contribution >= 0.6 is 0 Å². The largest absolute Gasteiger partial charge is 0.355 e. The van der Waals surface area contributed by atoms with Gasteiger partial charge in [-0.2, -0.15) is 0 Å². The Hall–Kier alpha value is -0.610. The monoisotopic (exact) mass is 225 g/mol. The molecule has 4 heteroatoms. The summed E-state index contributed by atoms with van der Waals surface area (Å²) in [6, 6.07) is 0.480. The van der Waals surface area contributed by atoms with Crippen LogP contribution in [0.2, 0.25) is 0 Å². The number of carbonyl (C=O) groups excluding carboxylic acids is 1. The van der Waals surface area contributed by atoms with Crippen molar-refractivity contribution in [2.24, 2.45) is 5.92 Å². The smallest absolute Gasteiger partial charge is 0.236 e. The molecular formula is C12H23N3O. The lowest BCUT2D eigenvalue weighted by Crippen LogP contribution is -2.51. The van der Waals surface area contributed by atoms with Gasteiger partial charge in [0.05, 0.1) is 6.04 Å². The first kappa shape index (κ1) is 11.9. The Morgan fingerprint density at radius 1 is 1.44 bits per heavy atom. The van der Waals surface area contributed by atoms with Crippen LogP contribution in [-0.2, 0) is 4.79 Å². The third kappa shape index (κ3) is 2.55. The standard InChI is InChI=1S/C12H23N3O/c1-3-13-12(16)9(2)14-11-5-7-15-6-4-10(11)8-15/h9-11,14H,3-8H2,1-2H3,(H,13,16). The van der Waals surface area contributed by atoms with Gasteiger partial charge in [-0.15, -0.1) is 0 Å². The molecule has 2 fully saturated rings. The number of carbonyl (C=O) groups is 1. The van der Waals surface area contributed by atoms with Crippen LogP contribution in [0.4, 0.5) is 0 Å². The van der Waals surface area contributed by atoms with Crippen molar-refractivity contribution in [3.8, 4) is 0 Å². The summed E-state index contributed by atoms with van der Waals surface area (Å²) in [5.74, 6) is 0.883. The van der Waals surface area contributed by atoms with Crippen LogP contribution in [0, 0.1) is 5.92 Å². The molecule has 0 aromatic heterocycles. The molecule has 0 radical (unpaired) electrons. The van der Waals surface area contributed by atoms with E-state index < -0.39 is 0 Å². The molecule has 0 aromatic carbocycles. The number of hydrogen-bond donors (Lipinski definition) is 2. The van der Waals surface area contributed by atoms with Gasteiger partial charge in [-0.05, 0) is 45.7 Å². The molecular weight excluding hydrogens is 202 g/mol. The summed E-state index contributed by atoms with van der Waals surface area (Å²) in [6.07, 6.45) is 2.48. The minimum absolute atomic E-state index is 0.0582. The van der Waals surface area contributed by atoms with E-state index in [0.29, 0.717) is 12.6 Å². The van der Waals surface area contributed by atoms with Gasteiger partial charge in [-0.25, -0.2) is 0 Å². The molecule has 0 aliphatic carbocycles. The fourth-order valence-corrected chi connectivity index (χ4v) is 2.90. The van der Waals surface area contributed by atoms with Gasteiger partial charge in [0.2, 0.25) is 5.91 Å². The number of likely N-dealkylation sites (N-methyl/N-ethyl adjacent to an activating group) is 1. The lowest BCUT2D eigenvalue weighted by Gasteiger charge is -2.32. The van der Waals surface area contributed by atoms with Crippen molar-refractivity contribution >= 4 is 5.91 Å². The number of nitrogens with one attached hydrogen (secondary N) is 2. The van der Waals surface area contributed by atoms with Gasteiger partial charge >= 0.3 is 0 Å². The molecule has 0 aromatic rings. The zero-order chi connectivity index (χ0) is 11.5. The molecule has 2 saturated heterocycles. The van der Waals surface area contributed by atoms with E-state index >= 15 is 0 Å². The van der Waals surface area contributed by atoms with E-state index in [1.165, 1.54) is 32.5 Å². The van der Waals surface area contributed by atoms with Gasteiger partial charge in [0, 0.05) is 19.1 Å². The third-order valence-electron chi connectivity index (χ3n) is 3.84. The molecule has 2 aliphatic rings. The highest BCUT2D eigenvalue weighted by Crippen LogP contribution is 2.27. The highest BCUT2D eigenvalue weighted by atomic mass is 16.2. The van der Waals surface area contributed by atoms with Gasteiger partial charge in [0.15, 0.2) is 0 Å². The van der Waals surface area contributed by atoms with Crippen LogP contribution in [0.5, 0.6) is 0 Å². The zero-order valence-corrected chi connectivity index (χ0v) is 10.3. The molecule has 4 atom stereocenters. The first-order valence-corrected chi connectivity index (χ1v) is 6.46. The predicted octanol–water partition coefficient (Wildman–Crippen LogP) is 0.195. The van der Waals surface area contributed by atoms with Crippen molar-refractivity contribution in [3.63, 3.8) is 0 Å². The Morgan fingerprint density at radius 3 is 2.94 bits per heavy atom. The average molecular weight is 225 g/mol. The van der Waals surface area contributed by atoms with E-state index in [9.17, 15) is 4.79 Å². The highest BCUT2D eigenvalue weighted by molar-refractivity contribution is 5.81. The number of hydrogen-bond acceptors (Lipinski definition) is 3. The second-order valence-electron chi connectivity index (χ2n) is 5.03. The topological polar surface area (TPSA) is 44.4 Å². The van der Waals surface area contributed by atoms with E-state index in [-0.39, 0.29) is 11.9 Å². The summed E-state index contributed by atoms with van der Waals surface area (Å²) in [4.78, 5) is 14.2. The third-order valence-corrected chi connectivity index (χ3v) is 3.84. The minimum atomic E-state index is -0.0582. The lowest BCUT2D eigenvalue weighted by molar-refractivity contribution is -0.123. The van der Waals surface area contributed by atoms with Gasteiger partial charge in [-0.1, -0.05) is 0 Å². The first-order valence-electron chi connectivity index (χ1n) is 6.46. The Balaban J connectivity index is 1.82. The maximum atomic E-state index is 11.6. The summed E-state index contributed by atoms with van der Waals surface area (Å²) >= 11 is 0. The van der Waals surface area contributed by atoms with E-state index in [4.69, 9.17) is 0 Å². The van der Waals surface area contributed by atoms with Gasteiger partial charge in [0.1, 0.15) is 0 Å². The SMILES string of the molecule is CCNC(=O)C(C)NC1CCN2CCC1C2. The van der Waals surface area contributed by atoms with Crippen LogP contribution < -0.4 is 10.6 Å². The molecule has 2 heterocycles. The Labute approximate surface area is 97.8 Å². The van der Waals surface area contributed by atoms with Crippen molar-refractivity contribution < 1.29 is 4.79 Å². The Morgan fingerprint density at radius 2 is 2.19 bits per heavy atom. The number of amides is 1. The number of piperidine rings is 1. The van der Waals surface area contributed by atoms with Gasteiger partial charge in [-0.3, -0.25) is 4.79 Å². The number of nitrogens with zero attached hydrogens (tertiary/aromatic N) is 1. The molecule has 2 N–H and O–H groups in total. The normalized spacial score (nSPS) is 34.8. The van der Waals surface area contributed by atoms with Crippen molar-refractivity contribution in [2.45, 2.75) is 38.8 Å². The fourth-order valence-electron chi connectivity index (χ4n) is 2.90. The quantitative estimate of drug-likeness (QED) is 0.718. The maximum Gasteiger partial charge on any atom is 0.236 e. The molecule has 16 heavy (non-hydrogen) atoms. The lowest BCUT2D eigenvalue weighted by atomic mass is 9.93. The molecule has 2 rings (SSSR count). The van der Waals surface area contributed by atoms with E-state index in [0.717, 1.165) is 5.92 Å². The Bertz CT molecular complexity index is 257. The molecule has 4 unspecified atom stereocenters. The molecule has 92 valence electrons.